The molecule has 3 amide bonds. The third-order valence-electron chi connectivity index (χ3n) is 3.86. The van der Waals surface area contributed by atoms with Crippen molar-refractivity contribution < 1.29 is 14.4 Å². The summed E-state index contributed by atoms with van der Waals surface area (Å²) in [7, 11) is 0. The second kappa shape index (κ2) is 5.08. The molecule has 1 aliphatic heterocycles. The monoisotopic (exact) mass is 252 g/mol. The van der Waals surface area contributed by atoms with Gasteiger partial charge in [-0.05, 0) is 32.6 Å². The van der Waals surface area contributed by atoms with E-state index in [0.717, 1.165) is 32.1 Å². The van der Waals surface area contributed by atoms with Crippen LogP contribution in [0.1, 0.15) is 51.9 Å². The standard InChI is InChI=1S/C13H20N2O3/c1-10(16)6-2-5-9-15-11(17)13(14-12(15)18)7-3-4-8-13/h2-9H2,1H3,(H,14,18). The molecule has 1 saturated heterocycles. The molecule has 0 aromatic rings. The first-order valence-electron chi connectivity index (χ1n) is 6.69. The van der Waals surface area contributed by atoms with E-state index in [1.807, 2.05) is 0 Å². The van der Waals surface area contributed by atoms with Crippen LogP contribution in [0.3, 0.4) is 0 Å². The lowest BCUT2D eigenvalue weighted by atomic mass is 9.98. The molecule has 100 valence electrons. The molecule has 2 fully saturated rings. The first-order valence-corrected chi connectivity index (χ1v) is 6.69. The van der Waals surface area contributed by atoms with Gasteiger partial charge in [-0.1, -0.05) is 12.8 Å². The maximum Gasteiger partial charge on any atom is 0.325 e. The van der Waals surface area contributed by atoms with Crippen LogP contribution in [0.25, 0.3) is 0 Å². The Hall–Kier alpha value is -1.39. The maximum atomic E-state index is 12.2. The minimum absolute atomic E-state index is 0.0622. The van der Waals surface area contributed by atoms with Crippen LogP contribution in [0.5, 0.6) is 0 Å². The van der Waals surface area contributed by atoms with E-state index in [1.54, 1.807) is 6.92 Å². The van der Waals surface area contributed by atoms with Crippen LogP contribution < -0.4 is 5.32 Å². The largest absolute Gasteiger partial charge is 0.325 e. The Kier molecular flexibility index (Phi) is 3.68. The van der Waals surface area contributed by atoms with Gasteiger partial charge in [-0.3, -0.25) is 9.69 Å². The molecule has 2 aliphatic rings. The molecule has 5 nitrogen and oxygen atoms in total. The van der Waals surface area contributed by atoms with Crippen LogP contribution in [0.15, 0.2) is 0 Å². The van der Waals surface area contributed by atoms with Gasteiger partial charge < -0.3 is 10.1 Å². The zero-order valence-electron chi connectivity index (χ0n) is 10.8. The summed E-state index contributed by atoms with van der Waals surface area (Å²) in [5, 5.41) is 2.85. The van der Waals surface area contributed by atoms with Gasteiger partial charge in [0.25, 0.3) is 5.91 Å². The number of hydrogen-bond donors (Lipinski definition) is 1. The summed E-state index contributed by atoms with van der Waals surface area (Å²) in [5.41, 5.74) is -0.600. The topological polar surface area (TPSA) is 66.5 Å². The zero-order valence-corrected chi connectivity index (χ0v) is 10.8. The molecule has 0 bridgehead atoms. The SMILES string of the molecule is CC(=O)CCCCN1C(=O)NC2(CCCC2)C1=O. The molecule has 1 saturated carbocycles. The zero-order chi connectivity index (χ0) is 13.2. The molecular formula is C13H20N2O3. The predicted octanol–water partition coefficient (Wildman–Crippen LogP) is 1.61. The normalized spacial score (nSPS) is 21.7. The van der Waals surface area contributed by atoms with Gasteiger partial charge in [-0.25, -0.2) is 4.79 Å². The number of nitrogens with zero attached hydrogens (tertiary/aromatic N) is 1. The van der Waals surface area contributed by atoms with Crippen molar-refractivity contribution >= 4 is 17.7 Å². The van der Waals surface area contributed by atoms with Crippen molar-refractivity contribution in [3.05, 3.63) is 0 Å². The predicted molar refractivity (Wildman–Crippen MR) is 66.0 cm³/mol. The number of Topliss-reactive ketones (excluding diaryl/α,β-unsaturated/α-hetero) is 1. The molecule has 18 heavy (non-hydrogen) atoms. The number of urea groups is 1. The molecule has 0 aromatic heterocycles. The van der Waals surface area contributed by atoms with E-state index >= 15 is 0 Å². The Balaban J connectivity index is 1.87. The Morgan fingerprint density at radius 3 is 2.56 bits per heavy atom. The van der Waals surface area contributed by atoms with Crippen LogP contribution >= 0.6 is 0 Å². The van der Waals surface area contributed by atoms with Crippen LogP contribution in [-0.2, 0) is 9.59 Å². The molecular weight excluding hydrogens is 232 g/mol. The van der Waals surface area contributed by atoms with Gasteiger partial charge in [-0.15, -0.1) is 0 Å². The summed E-state index contributed by atoms with van der Waals surface area (Å²) >= 11 is 0. The Bertz CT molecular complexity index is 372. The van der Waals surface area contributed by atoms with Crippen LogP contribution in [0, 0.1) is 0 Å². The number of hydrogen-bond acceptors (Lipinski definition) is 3. The van der Waals surface area contributed by atoms with Crippen molar-refractivity contribution in [3.8, 4) is 0 Å². The fourth-order valence-electron chi connectivity index (χ4n) is 2.84. The average molecular weight is 252 g/mol. The first-order chi connectivity index (χ1) is 8.55. The second-order valence-electron chi connectivity index (χ2n) is 5.34. The summed E-state index contributed by atoms with van der Waals surface area (Å²) < 4.78 is 0. The Morgan fingerprint density at radius 2 is 1.94 bits per heavy atom. The summed E-state index contributed by atoms with van der Waals surface area (Å²) in [5.74, 6) is 0.0901. The van der Waals surface area contributed by atoms with Crippen molar-refractivity contribution in [3.63, 3.8) is 0 Å². The lowest BCUT2D eigenvalue weighted by Gasteiger charge is -2.19. The third-order valence-corrected chi connectivity index (χ3v) is 3.86. The van der Waals surface area contributed by atoms with Crippen molar-refractivity contribution in [2.24, 2.45) is 0 Å². The number of nitrogens with one attached hydrogen (secondary N) is 1. The van der Waals surface area contributed by atoms with E-state index in [4.69, 9.17) is 0 Å². The van der Waals surface area contributed by atoms with E-state index in [2.05, 4.69) is 5.32 Å². The van der Waals surface area contributed by atoms with Gasteiger partial charge in [-0.2, -0.15) is 0 Å². The van der Waals surface area contributed by atoms with Crippen molar-refractivity contribution in [2.45, 2.75) is 57.4 Å². The highest BCUT2D eigenvalue weighted by Crippen LogP contribution is 2.35. The molecule has 0 aromatic carbocycles. The van der Waals surface area contributed by atoms with E-state index in [9.17, 15) is 14.4 Å². The minimum atomic E-state index is -0.600. The summed E-state index contributed by atoms with van der Waals surface area (Å²) in [4.78, 5) is 36.2. The fraction of sp³-hybridized carbons (Fsp3) is 0.769. The molecule has 1 spiro atoms. The highest BCUT2D eigenvalue weighted by Gasteiger charge is 2.51. The van der Waals surface area contributed by atoms with Gasteiger partial charge in [0.15, 0.2) is 0 Å². The number of amides is 3. The molecule has 0 atom stereocenters. The van der Waals surface area contributed by atoms with Gasteiger partial charge in [0, 0.05) is 13.0 Å². The van der Waals surface area contributed by atoms with E-state index < -0.39 is 5.54 Å². The number of unbranched alkanes of at least 4 members (excludes halogenated alkanes) is 1. The quantitative estimate of drug-likeness (QED) is 0.597. The van der Waals surface area contributed by atoms with Crippen LogP contribution in [0.2, 0.25) is 0 Å². The maximum absolute atomic E-state index is 12.2. The van der Waals surface area contributed by atoms with Gasteiger partial charge in [0.1, 0.15) is 11.3 Å². The smallest absolute Gasteiger partial charge is 0.323 e. The number of carbonyl (C=O) groups excluding carboxylic acids is 3. The minimum Gasteiger partial charge on any atom is -0.323 e. The van der Waals surface area contributed by atoms with E-state index in [1.165, 1.54) is 4.90 Å². The highest BCUT2D eigenvalue weighted by atomic mass is 16.2. The third kappa shape index (κ3) is 2.40. The Labute approximate surface area is 107 Å². The molecule has 1 N–H and O–H groups in total. The fourth-order valence-corrected chi connectivity index (χ4v) is 2.84. The Morgan fingerprint density at radius 1 is 1.28 bits per heavy atom. The van der Waals surface area contributed by atoms with Gasteiger partial charge >= 0.3 is 6.03 Å². The van der Waals surface area contributed by atoms with Crippen molar-refractivity contribution in [1.29, 1.82) is 0 Å². The number of rotatable bonds is 5. The molecule has 1 aliphatic carbocycles. The first kappa shape index (κ1) is 13.1. The van der Waals surface area contributed by atoms with E-state index in [0.29, 0.717) is 19.4 Å². The summed E-state index contributed by atoms with van der Waals surface area (Å²) in [6.45, 7) is 1.99. The highest BCUT2D eigenvalue weighted by molar-refractivity contribution is 6.07. The van der Waals surface area contributed by atoms with Crippen molar-refractivity contribution in [1.82, 2.24) is 10.2 Å². The van der Waals surface area contributed by atoms with Crippen molar-refractivity contribution in [2.75, 3.05) is 6.54 Å². The average Bonchev–Trinajstić information content (AvgIpc) is 2.85. The summed E-state index contributed by atoms with van der Waals surface area (Å²) in [6.07, 6.45) is 5.50. The number of ketones is 1. The molecule has 0 radical (unpaired) electrons. The number of carbonyl (C=O) groups is 3. The van der Waals surface area contributed by atoms with E-state index in [-0.39, 0.29) is 17.7 Å². The van der Waals surface area contributed by atoms with Gasteiger partial charge in [0.2, 0.25) is 0 Å². The molecule has 5 heteroatoms. The lowest BCUT2D eigenvalue weighted by molar-refractivity contribution is -0.131. The molecule has 2 rings (SSSR count). The van der Waals surface area contributed by atoms with Crippen LogP contribution in [0.4, 0.5) is 4.79 Å². The van der Waals surface area contributed by atoms with Crippen LogP contribution in [-0.4, -0.2) is 34.7 Å². The van der Waals surface area contributed by atoms with Gasteiger partial charge in [0.05, 0.1) is 0 Å². The molecule has 1 heterocycles. The lowest BCUT2D eigenvalue weighted by Crippen LogP contribution is -2.44. The second-order valence-corrected chi connectivity index (χ2v) is 5.34. The molecule has 0 unspecified atom stereocenters. The summed E-state index contributed by atoms with van der Waals surface area (Å²) in [6, 6.07) is -0.260. The number of imide groups is 1.